The van der Waals surface area contributed by atoms with Crippen molar-refractivity contribution in [3.63, 3.8) is 0 Å². The van der Waals surface area contributed by atoms with E-state index in [4.69, 9.17) is 15.3 Å². The second-order valence-corrected chi connectivity index (χ2v) is 4.51. The van der Waals surface area contributed by atoms with Gasteiger partial charge in [0.25, 0.3) is 0 Å². The highest BCUT2D eigenvalue weighted by Gasteiger charge is 2.19. The molecular formula is C12H24N4O6. The smallest absolute Gasteiger partial charge is 0.321 e. The fraction of sp³-hybridized carbons (Fsp3) is 0.750. The first kappa shape index (κ1) is 20.2. The van der Waals surface area contributed by atoms with Gasteiger partial charge >= 0.3 is 17.9 Å². The maximum Gasteiger partial charge on any atom is 0.321 e. The van der Waals surface area contributed by atoms with Crippen LogP contribution in [0.25, 0.3) is 0 Å². The van der Waals surface area contributed by atoms with Crippen LogP contribution in [0.3, 0.4) is 0 Å². The molecule has 0 bridgehead atoms. The molecule has 0 aromatic carbocycles. The van der Waals surface area contributed by atoms with E-state index in [2.05, 4.69) is 21.3 Å². The highest BCUT2D eigenvalue weighted by molar-refractivity contribution is 5.80. The monoisotopic (exact) mass is 320 g/mol. The number of hydrogen-bond acceptors (Lipinski definition) is 7. The Balaban J connectivity index is 3.40. The first-order valence-corrected chi connectivity index (χ1v) is 6.95. The topological polar surface area (TPSA) is 160 Å². The Bertz CT molecular complexity index is 353. The molecule has 0 fully saturated rings. The predicted octanol–water partition coefficient (Wildman–Crippen LogP) is -2.64. The van der Waals surface area contributed by atoms with E-state index in [0.717, 1.165) is 0 Å². The summed E-state index contributed by atoms with van der Waals surface area (Å²) in [5.41, 5.74) is 0. The average Bonchev–Trinajstić information content (AvgIpc) is 2.42. The third-order valence-electron chi connectivity index (χ3n) is 2.60. The van der Waals surface area contributed by atoms with E-state index >= 15 is 0 Å². The molecule has 0 aliphatic rings. The molecule has 10 nitrogen and oxygen atoms in total. The number of carboxylic acids is 3. The number of rotatable bonds is 15. The van der Waals surface area contributed by atoms with E-state index in [0.29, 0.717) is 39.3 Å². The van der Waals surface area contributed by atoms with Gasteiger partial charge in [0.2, 0.25) is 0 Å². The molecule has 0 aliphatic carbocycles. The molecule has 1 atom stereocenters. The molecule has 0 radical (unpaired) electrons. The standard InChI is InChI=1S/C12H24N4O6/c17-10(18)7-9(12(21)22)16-6-5-14-2-1-13-3-4-15-8-11(19)20/h9,13-16H,1-8H2,(H,17,18)(H,19,20)(H,21,22). The van der Waals surface area contributed by atoms with Gasteiger partial charge in [0.15, 0.2) is 0 Å². The molecule has 7 N–H and O–H groups in total. The molecule has 0 aliphatic heterocycles. The van der Waals surface area contributed by atoms with Crippen LogP contribution in [0.2, 0.25) is 0 Å². The van der Waals surface area contributed by atoms with Gasteiger partial charge in [-0.1, -0.05) is 0 Å². The van der Waals surface area contributed by atoms with Crippen molar-refractivity contribution >= 4 is 17.9 Å². The van der Waals surface area contributed by atoms with Crippen LogP contribution in [0.15, 0.2) is 0 Å². The molecule has 128 valence electrons. The van der Waals surface area contributed by atoms with Gasteiger partial charge in [-0.2, -0.15) is 0 Å². The third kappa shape index (κ3) is 13.2. The van der Waals surface area contributed by atoms with Gasteiger partial charge in [0, 0.05) is 39.3 Å². The summed E-state index contributed by atoms with van der Waals surface area (Å²) in [6.45, 7) is 3.36. The van der Waals surface area contributed by atoms with Gasteiger partial charge in [-0.15, -0.1) is 0 Å². The Morgan fingerprint density at radius 2 is 1.23 bits per heavy atom. The van der Waals surface area contributed by atoms with E-state index in [1.54, 1.807) is 0 Å². The van der Waals surface area contributed by atoms with E-state index in [1.165, 1.54) is 0 Å². The average molecular weight is 320 g/mol. The zero-order chi connectivity index (χ0) is 16.8. The fourth-order valence-corrected chi connectivity index (χ4v) is 1.56. The summed E-state index contributed by atoms with van der Waals surface area (Å²) in [4.78, 5) is 31.5. The minimum atomic E-state index is -1.18. The first-order valence-electron chi connectivity index (χ1n) is 6.95. The number of hydrogen-bond donors (Lipinski definition) is 7. The number of aliphatic carboxylic acids is 3. The second-order valence-electron chi connectivity index (χ2n) is 4.51. The lowest BCUT2D eigenvalue weighted by atomic mass is 10.2. The second kappa shape index (κ2) is 13.0. The molecule has 1 unspecified atom stereocenters. The van der Waals surface area contributed by atoms with Gasteiger partial charge in [-0.25, -0.2) is 0 Å². The Kier molecular flexibility index (Phi) is 11.9. The molecule has 0 aromatic heterocycles. The Morgan fingerprint density at radius 3 is 1.68 bits per heavy atom. The van der Waals surface area contributed by atoms with Crippen molar-refractivity contribution in [1.82, 2.24) is 21.3 Å². The number of carbonyl (C=O) groups is 3. The molecule has 0 spiro atoms. The minimum absolute atomic E-state index is 0.0628. The summed E-state index contributed by atoms with van der Waals surface area (Å²) in [5, 5.41) is 37.3. The fourth-order valence-electron chi connectivity index (χ4n) is 1.56. The first-order chi connectivity index (χ1) is 10.4. The molecular weight excluding hydrogens is 296 g/mol. The van der Waals surface area contributed by atoms with E-state index < -0.39 is 30.4 Å². The van der Waals surface area contributed by atoms with E-state index in [1.807, 2.05) is 0 Å². The third-order valence-corrected chi connectivity index (χ3v) is 2.60. The summed E-state index contributed by atoms with van der Waals surface area (Å²) in [6, 6.07) is -1.09. The van der Waals surface area contributed by atoms with Crippen LogP contribution in [-0.4, -0.2) is 85.1 Å². The van der Waals surface area contributed by atoms with Crippen molar-refractivity contribution in [2.24, 2.45) is 0 Å². The number of carboxylic acid groups (broad SMARTS) is 3. The SMILES string of the molecule is O=C(O)CNCCNCCNCCNC(CC(=O)O)C(=O)O. The van der Waals surface area contributed by atoms with E-state index in [-0.39, 0.29) is 6.54 Å². The lowest BCUT2D eigenvalue weighted by molar-refractivity contribution is -0.145. The highest BCUT2D eigenvalue weighted by Crippen LogP contribution is 1.91. The molecule has 0 aromatic rings. The molecule has 0 saturated carbocycles. The van der Waals surface area contributed by atoms with Gasteiger partial charge < -0.3 is 36.6 Å². The lowest BCUT2D eigenvalue weighted by Gasteiger charge is -2.12. The van der Waals surface area contributed by atoms with Crippen LogP contribution in [0, 0.1) is 0 Å². The lowest BCUT2D eigenvalue weighted by Crippen LogP contribution is -2.42. The van der Waals surface area contributed by atoms with Crippen LogP contribution in [0.1, 0.15) is 6.42 Å². The van der Waals surface area contributed by atoms with Crippen LogP contribution >= 0.6 is 0 Å². The van der Waals surface area contributed by atoms with Crippen LogP contribution < -0.4 is 21.3 Å². The van der Waals surface area contributed by atoms with Crippen LogP contribution in [-0.2, 0) is 14.4 Å². The summed E-state index contributed by atoms with van der Waals surface area (Å²) in [6.07, 6.45) is -0.458. The predicted molar refractivity (Wildman–Crippen MR) is 77.9 cm³/mol. The van der Waals surface area contributed by atoms with E-state index in [9.17, 15) is 14.4 Å². The van der Waals surface area contributed by atoms with Crippen molar-refractivity contribution in [2.75, 3.05) is 45.8 Å². The Morgan fingerprint density at radius 1 is 0.727 bits per heavy atom. The molecule has 10 heteroatoms. The van der Waals surface area contributed by atoms with Crippen LogP contribution in [0.4, 0.5) is 0 Å². The summed E-state index contributed by atoms with van der Waals surface area (Å²) in [5.74, 6) is -3.23. The summed E-state index contributed by atoms with van der Waals surface area (Å²) >= 11 is 0. The maximum absolute atomic E-state index is 10.8. The van der Waals surface area contributed by atoms with Crippen LogP contribution in [0.5, 0.6) is 0 Å². The van der Waals surface area contributed by atoms with Crippen molar-refractivity contribution in [3.8, 4) is 0 Å². The zero-order valence-electron chi connectivity index (χ0n) is 12.3. The molecule has 22 heavy (non-hydrogen) atoms. The maximum atomic E-state index is 10.8. The quantitative estimate of drug-likeness (QED) is 0.159. The van der Waals surface area contributed by atoms with Gasteiger partial charge in [0.1, 0.15) is 6.04 Å². The minimum Gasteiger partial charge on any atom is -0.481 e. The van der Waals surface area contributed by atoms with Crippen molar-refractivity contribution in [2.45, 2.75) is 12.5 Å². The normalized spacial score (nSPS) is 12.0. The van der Waals surface area contributed by atoms with Gasteiger partial charge in [-0.3, -0.25) is 14.4 Å². The number of nitrogens with one attached hydrogen (secondary N) is 4. The molecule has 0 heterocycles. The summed E-state index contributed by atoms with van der Waals surface area (Å²) < 4.78 is 0. The van der Waals surface area contributed by atoms with Crippen molar-refractivity contribution in [1.29, 1.82) is 0 Å². The Labute approximate surface area is 128 Å². The molecule has 0 rings (SSSR count). The molecule has 0 saturated heterocycles. The zero-order valence-corrected chi connectivity index (χ0v) is 12.3. The Hall–Kier alpha value is -1.75. The largest absolute Gasteiger partial charge is 0.481 e. The van der Waals surface area contributed by atoms with Gasteiger partial charge in [0.05, 0.1) is 13.0 Å². The molecule has 0 amide bonds. The highest BCUT2D eigenvalue weighted by atomic mass is 16.4. The van der Waals surface area contributed by atoms with Crippen molar-refractivity contribution in [3.05, 3.63) is 0 Å². The van der Waals surface area contributed by atoms with Gasteiger partial charge in [-0.05, 0) is 0 Å². The summed E-state index contributed by atoms with van der Waals surface area (Å²) in [7, 11) is 0. The van der Waals surface area contributed by atoms with Crippen molar-refractivity contribution < 1.29 is 29.7 Å².